The molecule has 0 N–H and O–H groups in total. The Bertz CT molecular complexity index is 794. The summed E-state index contributed by atoms with van der Waals surface area (Å²) >= 11 is 0. The minimum atomic E-state index is -0.679. The molecule has 1 aliphatic rings. The summed E-state index contributed by atoms with van der Waals surface area (Å²) in [4.78, 5) is 26.0. The molecule has 0 heterocycles. The van der Waals surface area contributed by atoms with Gasteiger partial charge in [0.05, 0.1) is 12.5 Å². The Morgan fingerprint density at radius 1 is 1.10 bits per heavy atom. The molecule has 1 fully saturated rings. The minimum absolute atomic E-state index is 0.125. The molecule has 1 saturated carbocycles. The zero-order valence-corrected chi connectivity index (χ0v) is 19.9. The average molecular weight is 427 g/mol. The molecule has 0 amide bonds. The first-order chi connectivity index (χ1) is 14.9. The molecule has 0 radical (unpaired) electrons. The molecule has 1 aromatic rings. The predicted octanol–water partition coefficient (Wildman–Crippen LogP) is 5.07. The van der Waals surface area contributed by atoms with Gasteiger partial charge in [0.2, 0.25) is 0 Å². The second kappa shape index (κ2) is 12.1. The molecule has 2 rings (SSSR count). The molecular weight excluding hydrogens is 388 g/mol. The van der Waals surface area contributed by atoms with E-state index in [1.165, 1.54) is 18.2 Å². The number of hydrogen-bond donors (Lipinski definition) is 0. The van der Waals surface area contributed by atoms with Crippen LogP contribution in [0.1, 0.15) is 81.5 Å². The van der Waals surface area contributed by atoms with Gasteiger partial charge in [-0.2, -0.15) is 0 Å². The number of hydrogen-bond acceptors (Lipinski definition) is 4. The molecule has 170 valence electrons. The smallest absolute Gasteiger partial charge is 0.312 e. The number of Topliss-reactive ketones (excluding diaryl/α,β-unsaturated/α-hetero) is 1. The summed E-state index contributed by atoms with van der Waals surface area (Å²) in [5.41, 5.74) is 3.81. The van der Waals surface area contributed by atoms with E-state index >= 15 is 0 Å². The maximum atomic E-state index is 13.3. The van der Waals surface area contributed by atoms with Gasteiger partial charge < -0.3 is 9.47 Å². The highest BCUT2D eigenvalue weighted by molar-refractivity contribution is 5.88. The molecule has 4 nitrogen and oxygen atoms in total. The lowest BCUT2D eigenvalue weighted by Gasteiger charge is -2.37. The third kappa shape index (κ3) is 6.43. The van der Waals surface area contributed by atoms with Crippen molar-refractivity contribution in [1.82, 2.24) is 0 Å². The zero-order chi connectivity index (χ0) is 22.9. The fraction of sp³-hybridized carbons (Fsp3) is 0.630. The standard InChI is InChI=1S/C27H38O4/c1-6-9-21-16-22(7-2)25(23(8-3)17-21)18-24(28)19-27(26(29)31-5)13-10-20(11-14-27)12-15-30-4/h16-17,20H,7-8,10-15,18-19H2,1-5H3. The largest absolute Gasteiger partial charge is 0.469 e. The summed E-state index contributed by atoms with van der Waals surface area (Å²) in [6.45, 7) is 6.81. The van der Waals surface area contributed by atoms with E-state index in [0.717, 1.165) is 49.8 Å². The van der Waals surface area contributed by atoms with Crippen molar-refractivity contribution in [2.45, 2.75) is 78.6 Å². The molecule has 0 saturated heterocycles. The van der Waals surface area contributed by atoms with Gasteiger partial charge in [-0.1, -0.05) is 19.8 Å². The van der Waals surface area contributed by atoms with Crippen LogP contribution in [0.4, 0.5) is 0 Å². The number of methoxy groups -OCH3 is 2. The molecule has 0 aromatic heterocycles. The summed E-state index contributed by atoms with van der Waals surface area (Å²) in [7, 11) is 3.15. The summed E-state index contributed by atoms with van der Waals surface area (Å²) in [5, 5.41) is 0. The minimum Gasteiger partial charge on any atom is -0.469 e. The number of rotatable bonds is 10. The third-order valence-corrected chi connectivity index (χ3v) is 6.79. The number of esters is 1. The van der Waals surface area contributed by atoms with Crippen molar-refractivity contribution in [2.75, 3.05) is 20.8 Å². The van der Waals surface area contributed by atoms with Gasteiger partial charge in [0.15, 0.2) is 0 Å². The molecule has 4 heteroatoms. The lowest BCUT2D eigenvalue weighted by atomic mass is 9.67. The van der Waals surface area contributed by atoms with E-state index in [1.807, 2.05) is 6.92 Å². The number of carbonyl (C=O) groups is 2. The first-order valence-electron chi connectivity index (χ1n) is 11.6. The number of benzene rings is 1. The lowest BCUT2D eigenvalue weighted by molar-refractivity contribution is -0.158. The highest BCUT2D eigenvalue weighted by Crippen LogP contribution is 2.44. The fourth-order valence-corrected chi connectivity index (χ4v) is 4.98. The van der Waals surface area contributed by atoms with E-state index in [4.69, 9.17) is 9.47 Å². The summed E-state index contributed by atoms with van der Waals surface area (Å²) < 4.78 is 10.4. The van der Waals surface area contributed by atoms with Crippen LogP contribution in [0.3, 0.4) is 0 Å². The van der Waals surface area contributed by atoms with Crippen LogP contribution in [0.5, 0.6) is 0 Å². The second-order valence-electron chi connectivity index (χ2n) is 8.74. The van der Waals surface area contributed by atoms with Gasteiger partial charge in [-0.05, 0) is 86.6 Å². The van der Waals surface area contributed by atoms with Gasteiger partial charge in [-0.15, -0.1) is 5.92 Å². The normalized spacial score (nSPS) is 20.6. The van der Waals surface area contributed by atoms with Crippen LogP contribution in [-0.4, -0.2) is 32.6 Å². The van der Waals surface area contributed by atoms with Gasteiger partial charge in [0.25, 0.3) is 0 Å². The Balaban J connectivity index is 2.20. The number of aryl methyl sites for hydroxylation is 2. The Morgan fingerprint density at radius 2 is 1.71 bits per heavy atom. The van der Waals surface area contributed by atoms with E-state index in [2.05, 4.69) is 37.8 Å². The molecule has 1 aromatic carbocycles. The first-order valence-corrected chi connectivity index (χ1v) is 11.6. The van der Waals surface area contributed by atoms with E-state index in [1.54, 1.807) is 7.11 Å². The van der Waals surface area contributed by atoms with Crippen molar-refractivity contribution in [3.05, 3.63) is 34.4 Å². The van der Waals surface area contributed by atoms with Crippen LogP contribution in [0.15, 0.2) is 12.1 Å². The Kier molecular flexibility index (Phi) is 9.78. The average Bonchev–Trinajstić information content (AvgIpc) is 2.78. The zero-order valence-electron chi connectivity index (χ0n) is 19.9. The van der Waals surface area contributed by atoms with Gasteiger partial charge in [-0.25, -0.2) is 0 Å². The summed E-state index contributed by atoms with van der Waals surface area (Å²) in [6.07, 6.45) is 6.67. The van der Waals surface area contributed by atoms with Crippen LogP contribution in [0.25, 0.3) is 0 Å². The molecule has 31 heavy (non-hydrogen) atoms. The Hall–Kier alpha value is -2.12. The van der Waals surface area contributed by atoms with Crippen LogP contribution in [-0.2, 0) is 38.3 Å². The maximum absolute atomic E-state index is 13.3. The van der Waals surface area contributed by atoms with Gasteiger partial charge >= 0.3 is 5.97 Å². The SMILES string of the molecule is CC#Cc1cc(CC)c(CC(=O)CC2(C(=O)OC)CCC(CCOC)CC2)c(CC)c1. The highest BCUT2D eigenvalue weighted by Gasteiger charge is 2.44. The van der Waals surface area contributed by atoms with Crippen molar-refractivity contribution in [3.8, 4) is 11.8 Å². The summed E-state index contributed by atoms with van der Waals surface area (Å²) in [6, 6.07) is 4.21. The van der Waals surface area contributed by atoms with E-state index in [-0.39, 0.29) is 18.2 Å². The maximum Gasteiger partial charge on any atom is 0.312 e. The number of ether oxygens (including phenoxy) is 2. The molecule has 0 aliphatic heterocycles. The first kappa shape index (κ1) is 25.1. The third-order valence-electron chi connectivity index (χ3n) is 6.79. The molecule has 0 atom stereocenters. The number of carbonyl (C=O) groups excluding carboxylic acids is 2. The van der Waals surface area contributed by atoms with E-state index < -0.39 is 5.41 Å². The van der Waals surface area contributed by atoms with Crippen molar-refractivity contribution >= 4 is 11.8 Å². The quantitative estimate of drug-likeness (QED) is 0.387. The Labute approximate surface area is 188 Å². The second-order valence-corrected chi connectivity index (χ2v) is 8.74. The van der Waals surface area contributed by atoms with Crippen LogP contribution in [0, 0.1) is 23.2 Å². The van der Waals surface area contributed by atoms with Crippen molar-refractivity contribution in [2.24, 2.45) is 11.3 Å². The fourth-order valence-electron chi connectivity index (χ4n) is 4.98. The van der Waals surface area contributed by atoms with Crippen molar-refractivity contribution in [3.63, 3.8) is 0 Å². The Morgan fingerprint density at radius 3 is 2.19 bits per heavy atom. The molecule has 0 bridgehead atoms. The molecule has 0 spiro atoms. The van der Waals surface area contributed by atoms with Gasteiger partial charge in [-0.3, -0.25) is 9.59 Å². The molecular formula is C27H38O4. The van der Waals surface area contributed by atoms with Crippen molar-refractivity contribution < 1.29 is 19.1 Å². The topological polar surface area (TPSA) is 52.6 Å². The van der Waals surface area contributed by atoms with Gasteiger partial charge in [0.1, 0.15) is 5.78 Å². The predicted molar refractivity (Wildman–Crippen MR) is 124 cm³/mol. The van der Waals surface area contributed by atoms with E-state index in [0.29, 0.717) is 25.2 Å². The van der Waals surface area contributed by atoms with E-state index in [9.17, 15) is 9.59 Å². The highest BCUT2D eigenvalue weighted by atomic mass is 16.5. The lowest BCUT2D eigenvalue weighted by Crippen LogP contribution is -2.39. The van der Waals surface area contributed by atoms with Crippen LogP contribution >= 0.6 is 0 Å². The monoisotopic (exact) mass is 426 g/mol. The molecule has 1 aliphatic carbocycles. The van der Waals surface area contributed by atoms with Crippen LogP contribution < -0.4 is 0 Å². The van der Waals surface area contributed by atoms with Crippen LogP contribution in [0.2, 0.25) is 0 Å². The molecule has 0 unspecified atom stereocenters. The van der Waals surface area contributed by atoms with Gasteiger partial charge in [0, 0.05) is 32.1 Å². The number of ketones is 1. The summed E-state index contributed by atoms with van der Waals surface area (Å²) in [5.74, 6) is 6.56. The van der Waals surface area contributed by atoms with Crippen molar-refractivity contribution in [1.29, 1.82) is 0 Å².